The first kappa shape index (κ1) is 20.7. The Balaban J connectivity index is 1.33. The van der Waals surface area contributed by atoms with Gasteiger partial charge in [-0.05, 0) is 23.8 Å². The predicted octanol–water partition coefficient (Wildman–Crippen LogP) is 2.51. The van der Waals surface area contributed by atoms with E-state index in [1.54, 1.807) is 35.1 Å². The maximum atomic E-state index is 12.9. The second-order valence-corrected chi connectivity index (χ2v) is 7.40. The van der Waals surface area contributed by atoms with Crippen molar-refractivity contribution >= 4 is 17.5 Å². The molecule has 1 atom stereocenters. The second-order valence-electron chi connectivity index (χ2n) is 7.40. The van der Waals surface area contributed by atoms with Crippen LogP contribution < -0.4 is 9.47 Å². The van der Waals surface area contributed by atoms with Crippen molar-refractivity contribution in [1.29, 1.82) is 0 Å². The molecule has 162 valence electrons. The van der Waals surface area contributed by atoms with Crippen molar-refractivity contribution in [3.05, 3.63) is 59.7 Å². The first-order valence-electron chi connectivity index (χ1n) is 10.2. The molecule has 8 nitrogen and oxygen atoms in total. The van der Waals surface area contributed by atoms with Gasteiger partial charge in [-0.1, -0.05) is 35.5 Å². The van der Waals surface area contributed by atoms with E-state index in [1.165, 1.54) is 7.11 Å². The Labute approximate surface area is 181 Å². The molecule has 0 N–H and O–H groups in total. The molecule has 1 saturated heterocycles. The number of nitrogens with zero attached hydrogens (tertiary/aromatic N) is 3. The van der Waals surface area contributed by atoms with Crippen LogP contribution in [0.3, 0.4) is 0 Å². The van der Waals surface area contributed by atoms with Crippen molar-refractivity contribution in [2.24, 2.45) is 5.16 Å². The van der Waals surface area contributed by atoms with Gasteiger partial charge in [-0.3, -0.25) is 9.59 Å². The molecule has 2 aromatic carbocycles. The van der Waals surface area contributed by atoms with Gasteiger partial charge in [0.05, 0.1) is 14.2 Å². The summed E-state index contributed by atoms with van der Waals surface area (Å²) in [7, 11) is 3.09. The molecular formula is C23H25N3O5. The zero-order valence-electron chi connectivity index (χ0n) is 17.6. The van der Waals surface area contributed by atoms with E-state index in [-0.39, 0.29) is 17.9 Å². The summed E-state index contributed by atoms with van der Waals surface area (Å²) >= 11 is 0. The summed E-state index contributed by atoms with van der Waals surface area (Å²) in [6, 6.07) is 14.8. The largest absolute Gasteiger partial charge is 0.493 e. The molecule has 2 aliphatic heterocycles. The molecule has 0 saturated carbocycles. The van der Waals surface area contributed by atoms with Crippen LogP contribution in [0.5, 0.6) is 11.5 Å². The highest BCUT2D eigenvalue weighted by molar-refractivity contribution is 6.39. The SMILES string of the molecule is COc1ccc(C(=O)N2CCN(C(=O)C3=NOC(c4ccccc4)C3)CC2)cc1OC. The molecule has 2 amide bonds. The number of rotatable bonds is 5. The standard InChI is InChI=1S/C23H25N3O5/c1-29-19-9-8-17(14-21(19)30-2)22(27)25-10-12-26(13-11-25)23(28)18-15-20(31-24-18)16-6-4-3-5-7-16/h3-9,14,20H,10-13,15H2,1-2H3. The van der Waals surface area contributed by atoms with Gasteiger partial charge in [0.25, 0.3) is 11.8 Å². The minimum Gasteiger partial charge on any atom is -0.493 e. The summed E-state index contributed by atoms with van der Waals surface area (Å²) in [6.07, 6.45) is 0.223. The van der Waals surface area contributed by atoms with E-state index in [0.29, 0.717) is 55.4 Å². The van der Waals surface area contributed by atoms with Crippen molar-refractivity contribution in [3.8, 4) is 11.5 Å². The van der Waals surface area contributed by atoms with Crippen molar-refractivity contribution < 1.29 is 23.9 Å². The van der Waals surface area contributed by atoms with Gasteiger partial charge in [0, 0.05) is 38.2 Å². The molecule has 4 rings (SSSR count). The third-order valence-electron chi connectivity index (χ3n) is 5.57. The van der Waals surface area contributed by atoms with E-state index < -0.39 is 0 Å². The molecule has 2 aliphatic rings. The van der Waals surface area contributed by atoms with Gasteiger partial charge in [-0.15, -0.1) is 0 Å². The number of hydrogen-bond donors (Lipinski definition) is 0. The highest BCUT2D eigenvalue weighted by Crippen LogP contribution is 2.29. The van der Waals surface area contributed by atoms with Crippen molar-refractivity contribution in [3.63, 3.8) is 0 Å². The van der Waals surface area contributed by atoms with Crippen LogP contribution in [-0.4, -0.2) is 67.7 Å². The second kappa shape index (κ2) is 9.07. The third-order valence-corrected chi connectivity index (χ3v) is 5.57. The average molecular weight is 423 g/mol. The lowest BCUT2D eigenvalue weighted by atomic mass is 10.0. The zero-order valence-corrected chi connectivity index (χ0v) is 17.6. The average Bonchev–Trinajstić information content (AvgIpc) is 3.33. The fourth-order valence-corrected chi connectivity index (χ4v) is 3.80. The van der Waals surface area contributed by atoms with Gasteiger partial charge < -0.3 is 24.1 Å². The quantitative estimate of drug-likeness (QED) is 0.738. The van der Waals surface area contributed by atoms with Gasteiger partial charge >= 0.3 is 0 Å². The molecule has 1 fully saturated rings. The van der Waals surface area contributed by atoms with Crippen molar-refractivity contribution in [2.75, 3.05) is 40.4 Å². The number of piperazine rings is 1. The molecular weight excluding hydrogens is 398 g/mol. The number of carbonyl (C=O) groups is 2. The monoisotopic (exact) mass is 423 g/mol. The van der Waals surface area contributed by atoms with E-state index in [4.69, 9.17) is 14.3 Å². The van der Waals surface area contributed by atoms with Crippen LogP contribution in [0.15, 0.2) is 53.7 Å². The summed E-state index contributed by atoms with van der Waals surface area (Å²) in [4.78, 5) is 34.7. The van der Waals surface area contributed by atoms with Gasteiger partial charge in [0.15, 0.2) is 17.6 Å². The Morgan fingerprint density at radius 2 is 1.55 bits per heavy atom. The van der Waals surface area contributed by atoms with Crippen LogP contribution in [0.2, 0.25) is 0 Å². The van der Waals surface area contributed by atoms with E-state index in [2.05, 4.69) is 5.16 Å². The Kier molecular flexibility index (Phi) is 6.06. The molecule has 0 spiro atoms. The molecule has 0 aliphatic carbocycles. The number of hydrogen-bond acceptors (Lipinski definition) is 6. The third kappa shape index (κ3) is 4.33. The normalized spacial score (nSPS) is 18.3. The number of benzene rings is 2. The number of oxime groups is 1. The molecule has 31 heavy (non-hydrogen) atoms. The van der Waals surface area contributed by atoms with Crippen LogP contribution in [0.1, 0.15) is 28.4 Å². The van der Waals surface area contributed by atoms with Gasteiger partial charge in [0.2, 0.25) is 0 Å². The van der Waals surface area contributed by atoms with E-state index in [0.717, 1.165) is 5.56 Å². The molecule has 2 aromatic rings. The van der Waals surface area contributed by atoms with Crippen molar-refractivity contribution in [1.82, 2.24) is 9.80 Å². The first-order chi connectivity index (χ1) is 15.1. The molecule has 0 aromatic heterocycles. The molecule has 0 bridgehead atoms. The van der Waals surface area contributed by atoms with Crippen LogP contribution in [0, 0.1) is 0 Å². The highest BCUT2D eigenvalue weighted by atomic mass is 16.6. The summed E-state index contributed by atoms with van der Waals surface area (Å²) in [5.41, 5.74) is 1.95. The Morgan fingerprint density at radius 3 is 2.19 bits per heavy atom. The lowest BCUT2D eigenvalue weighted by Gasteiger charge is -2.34. The minimum absolute atomic E-state index is 0.0984. The van der Waals surface area contributed by atoms with E-state index in [9.17, 15) is 9.59 Å². The first-order valence-corrected chi connectivity index (χ1v) is 10.2. The van der Waals surface area contributed by atoms with E-state index in [1.807, 2.05) is 30.3 Å². The lowest BCUT2D eigenvalue weighted by Crippen LogP contribution is -2.52. The summed E-state index contributed by atoms with van der Waals surface area (Å²) < 4.78 is 10.5. The number of carbonyl (C=O) groups excluding carboxylic acids is 2. The van der Waals surface area contributed by atoms with Crippen LogP contribution in [0.4, 0.5) is 0 Å². The summed E-state index contributed by atoms with van der Waals surface area (Å²) in [5.74, 6) is 0.854. The zero-order chi connectivity index (χ0) is 21.8. The fourth-order valence-electron chi connectivity index (χ4n) is 3.80. The molecule has 1 unspecified atom stereocenters. The predicted molar refractivity (Wildman–Crippen MR) is 114 cm³/mol. The molecule has 8 heteroatoms. The molecule has 2 heterocycles. The smallest absolute Gasteiger partial charge is 0.271 e. The topological polar surface area (TPSA) is 80.7 Å². The maximum Gasteiger partial charge on any atom is 0.271 e. The number of ether oxygens (including phenoxy) is 2. The number of amides is 2. The van der Waals surface area contributed by atoms with Crippen LogP contribution >= 0.6 is 0 Å². The van der Waals surface area contributed by atoms with Crippen LogP contribution in [-0.2, 0) is 9.63 Å². The Bertz CT molecular complexity index is 984. The summed E-state index contributed by atoms with van der Waals surface area (Å²) in [5, 5.41) is 4.02. The summed E-state index contributed by atoms with van der Waals surface area (Å²) in [6.45, 7) is 1.81. The fraction of sp³-hybridized carbons (Fsp3) is 0.348. The van der Waals surface area contributed by atoms with Crippen LogP contribution in [0.25, 0.3) is 0 Å². The Hall–Kier alpha value is -3.55. The lowest BCUT2D eigenvalue weighted by molar-refractivity contribution is -0.125. The van der Waals surface area contributed by atoms with Gasteiger partial charge in [-0.25, -0.2) is 0 Å². The highest BCUT2D eigenvalue weighted by Gasteiger charge is 2.32. The van der Waals surface area contributed by atoms with E-state index >= 15 is 0 Å². The minimum atomic E-state index is -0.229. The maximum absolute atomic E-state index is 12.9. The van der Waals surface area contributed by atoms with Crippen molar-refractivity contribution in [2.45, 2.75) is 12.5 Å². The Morgan fingerprint density at radius 1 is 0.903 bits per heavy atom. The van der Waals surface area contributed by atoms with Gasteiger partial charge in [-0.2, -0.15) is 0 Å². The van der Waals surface area contributed by atoms with Gasteiger partial charge in [0.1, 0.15) is 5.71 Å². The number of methoxy groups -OCH3 is 2. The molecule has 0 radical (unpaired) electrons.